The van der Waals surface area contributed by atoms with Crippen LogP contribution in [0.4, 0.5) is 0 Å². The minimum absolute atomic E-state index is 0.260. The molecule has 0 aliphatic carbocycles. The first kappa shape index (κ1) is 15.7. The van der Waals surface area contributed by atoms with Crippen molar-refractivity contribution >= 4 is 17.8 Å². The zero-order valence-electron chi connectivity index (χ0n) is 12.2. The monoisotopic (exact) mass is 295 g/mol. The van der Waals surface area contributed by atoms with E-state index < -0.39 is 11.8 Å². The Morgan fingerprint density at radius 2 is 1.64 bits per heavy atom. The largest absolute Gasteiger partial charge is 0.478 e. The number of carbonyl (C=O) groups excluding carboxylic acids is 1. The number of hydrogen-bond donors (Lipinski definition) is 2. The Morgan fingerprint density at radius 1 is 1.05 bits per heavy atom. The number of rotatable bonds is 5. The van der Waals surface area contributed by atoms with Crippen LogP contribution in [0.25, 0.3) is 6.08 Å². The minimum atomic E-state index is -1.24. The van der Waals surface area contributed by atoms with E-state index in [0.29, 0.717) is 17.7 Å². The van der Waals surface area contributed by atoms with Gasteiger partial charge >= 0.3 is 5.97 Å². The van der Waals surface area contributed by atoms with Crippen molar-refractivity contribution in [3.63, 3.8) is 0 Å². The standard InChI is InChI=1S/C18H17NO3/c1-12-2-8-15(9-3-12)17(20)16(18(21)22)10-13-4-6-14(11-19)7-5-13/h2-10H,11,19H2,1H3,(H,21,22)/b16-10-. The van der Waals surface area contributed by atoms with Crippen molar-refractivity contribution in [3.8, 4) is 0 Å². The SMILES string of the molecule is Cc1ccc(C(=O)/C(=C/c2ccc(CN)cc2)C(=O)O)cc1. The van der Waals surface area contributed by atoms with E-state index in [9.17, 15) is 14.7 Å². The zero-order valence-corrected chi connectivity index (χ0v) is 12.2. The molecule has 0 bridgehead atoms. The molecule has 0 radical (unpaired) electrons. The Balaban J connectivity index is 2.36. The second-order valence-electron chi connectivity index (χ2n) is 5.00. The van der Waals surface area contributed by atoms with E-state index in [1.807, 2.05) is 19.1 Å². The van der Waals surface area contributed by atoms with Gasteiger partial charge in [-0.3, -0.25) is 4.79 Å². The number of carbonyl (C=O) groups is 2. The molecule has 2 aromatic rings. The van der Waals surface area contributed by atoms with Gasteiger partial charge in [-0.25, -0.2) is 4.79 Å². The Morgan fingerprint density at radius 3 is 2.14 bits per heavy atom. The molecule has 0 saturated heterocycles. The molecule has 4 nitrogen and oxygen atoms in total. The van der Waals surface area contributed by atoms with Crippen LogP contribution in [-0.2, 0) is 11.3 Å². The third-order valence-electron chi connectivity index (χ3n) is 3.32. The molecule has 0 spiro atoms. The molecule has 22 heavy (non-hydrogen) atoms. The van der Waals surface area contributed by atoms with Gasteiger partial charge < -0.3 is 10.8 Å². The molecular weight excluding hydrogens is 278 g/mol. The Bertz CT molecular complexity index is 713. The van der Waals surface area contributed by atoms with Gasteiger partial charge in [0.25, 0.3) is 0 Å². The van der Waals surface area contributed by atoms with E-state index in [0.717, 1.165) is 11.1 Å². The highest BCUT2D eigenvalue weighted by atomic mass is 16.4. The summed E-state index contributed by atoms with van der Waals surface area (Å²) in [4.78, 5) is 23.8. The van der Waals surface area contributed by atoms with Crippen LogP contribution in [-0.4, -0.2) is 16.9 Å². The highest BCUT2D eigenvalue weighted by molar-refractivity contribution is 6.26. The number of aliphatic carboxylic acids is 1. The molecular formula is C18H17NO3. The Labute approximate surface area is 128 Å². The summed E-state index contributed by atoms with van der Waals surface area (Å²) in [5.74, 6) is -1.75. The summed E-state index contributed by atoms with van der Waals surface area (Å²) in [7, 11) is 0. The van der Waals surface area contributed by atoms with Crippen molar-refractivity contribution in [2.75, 3.05) is 0 Å². The Kier molecular flexibility index (Phi) is 4.86. The first-order chi connectivity index (χ1) is 10.5. The Hall–Kier alpha value is -2.72. The van der Waals surface area contributed by atoms with E-state index in [4.69, 9.17) is 5.73 Å². The van der Waals surface area contributed by atoms with E-state index in [1.54, 1.807) is 36.4 Å². The average Bonchev–Trinajstić information content (AvgIpc) is 2.53. The lowest BCUT2D eigenvalue weighted by Crippen LogP contribution is -2.12. The molecule has 0 aromatic heterocycles. The first-order valence-electron chi connectivity index (χ1n) is 6.86. The van der Waals surface area contributed by atoms with Crippen LogP contribution in [0.1, 0.15) is 27.0 Å². The highest BCUT2D eigenvalue weighted by Crippen LogP contribution is 2.15. The van der Waals surface area contributed by atoms with Crippen LogP contribution in [0.5, 0.6) is 0 Å². The summed E-state index contributed by atoms with van der Waals surface area (Å²) in [6.07, 6.45) is 1.38. The van der Waals surface area contributed by atoms with Gasteiger partial charge in [-0.15, -0.1) is 0 Å². The number of Topliss-reactive ketones (excluding diaryl/α,β-unsaturated/α-hetero) is 1. The lowest BCUT2D eigenvalue weighted by molar-refractivity contribution is -0.132. The molecule has 2 rings (SSSR count). The molecule has 0 atom stereocenters. The molecule has 0 unspecified atom stereocenters. The van der Waals surface area contributed by atoms with Gasteiger partial charge in [0.2, 0.25) is 0 Å². The normalized spacial score (nSPS) is 11.3. The van der Waals surface area contributed by atoms with Crippen LogP contribution in [0.15, 0.2) is 54.1 Å². The van der Waals surface area contributed by atoms with Gasteiger partial charge in [0.15, 0.2) is 5.78 Å². The van der Waals surface area contributed by atoms with Gasteiger partial charge in [-0.1, -0.05) is 54.1 Å². The van der Waals surface area contributed by atoms with Crippen LogP contribution in [0.2, 0.25) is 0 Å². The first-order valence-corrected chi connectivity index (χ1v) is 6.86. The number of ketones is 1. The molecule has 112 valence electrons. The van der Waals surface area contributed by atoms with Crippen molar-refractivity contribution in [2.24, 2.45) is 5.73 Å². The number of benzene rings is 2. The molecule has 0 amide bonds. The second kappa shape index (κ2) is 6.83. The number of carboxylic acids is 1. The number of aryl methyl sites for hydroxylation is 1. The molecule has 0 aliphatic rings. The third kappa shape index (κ3) is 3.68. The topological polar surface area (TPSA) is 80.4 Å². The van der Waals surface area contributed by atoms with E-state index in [1.165, 1.54) is 6.08 Å². The summed E-state index contributed by atoms with van der Waals surface area (Å²) in [6.45, 7) is 2.32. The molecule has 4 heteroatoms. The minimum Gasteiger partial charge on any atom is -0.478 e. The van der Waals surface area contributed by atoms with Crippen LogP contribution in [0.3, 0.4) is 0 Å². The van der Waals surface area contributed by atoms with Gasteiger partial charge in [-0.05, 0) is 24.1 Å². The smallest absolute Gasteiger partial charge is 0.339 e. The predicted octanol–water partition coefficient (Wildman–Crippen LogP) is 2.80. The molecule has 2 aromatic carbocycles. The fourth-order valence-corrected chi connectivity index (χ4v) is 2.00. The predicted molar refractivity (Wildman–Crippen MR) is 85.5 cm³/mol. The van der Waals surface area contributed by atoms with Gasteiger partial charge in [0.05, 0.1) is 0 Å². The maximum Gasteiger partial charge on any atom is 0.339 e. The number of nitrogens with two attached hydrogens (primary N) is 1. The molecule has 3 N–H and O–H groups in total. The van der Waals surface area contributed by atoms with E-state index in [2.05, 4.69) is 0 Å². The molecule has 0 fully saturated rings. The molecule has 0 heterocycles. The number of hydrogen-bond acceptors (Lipinski definition) is 3. The summed E-state index contributed by atoms with van der Waals surface area (Å²) in [5.41, 5.74) is 8.22. The van der Waals surface area contributed by atoms with Gasteiger partial charge in [-0.2, -0.15) is 0 Å². The van der Waals surface area contributed by atoms with Crippen molar-refractivity contribution < 1.29 is 14.7 Å². The average molecular weight is 295 g/mol. The fraction of sp³-hybridized carbons (Fsp3) is 0.111. The lowest BCUT2D eigenvalue weighted by atomic mass is 10.00. The quantitative estimate of drug-likeness (QED) is 0.385. The molecule has 0 saturated carbocycles. The van der Waals surface area contributed by atoms with Crippen molar-refractivity contribution in [1.29, 1.82) is 0 Å². The van der Waals surface area contributed by atoms with Crippen molar-refractivity contribution in [2.45, 2.75) is 13.5 Å². The van der Waals surface area contributed by atoms with Crippen molar-refractivity contribution in [1.82, 2.24) is 0 Å². The summed E-state index contributed by atoms with van der Waals surface area (Å²) < 4.78 is 0. The molecule has 0 aliphatic heterocycles. The van der Waals surface area contributed by atoms with Crippen LogP contribution in [0, 0.1) is 6.92 Å². The maximum absolute atomic E-state index is 12.4. The summed E-state index contributed by atoms with van der Waals surface area (Å²) in [5, 5.41) is 9.31. The summed E-state index contributed by atoms with van der Waals surface area (Å²) >= 11 is 0. The second-order valence-corrected chi connectivity index (χ2v) is 5.00. The maximum atomic E-state index is 12.4. The van der Waals surface area contributed by atoms with Gasteiger partial charge in [0.1, 0.15) is 5.57 Å². The fourth-order valence-electron chi connectivity index (χ4n) is 2.00. The zero-order chi connectivity index (χ0) is 16.1. The number of carboxylic acid groups (broad SMARTS) is 1. The third-order valence-corrected chi connectivity index (χ3v) is 3.32. The van der Waals surface area contributed by atoms with E-state index in [-0.39, 0.29) is 5.57 Å². The van der Waals surface area contributed by atoms with Crippen molar-refractivity contribution in [3.05, 3.63) is 76.4 Å². The summed E-state index contributed by atoms with van der Waals surface area (Å²) in [6, 6.07) is 13.9. The van der Waals surface area contributed by atoms with Crippen LogP contribution >= 0.6 is 0 Å². The van der Waals surface area contributed by atoms with Crippen LogP contribution < -0.4 is 5.73 Å². The van der Waals surface area contributed by atoms with E-state index >= 15 is 0 Å². The lowest BCUT2D eigenvalue weighted by Gasteiger charge is -2.04. The highest BCUT2D eigenvalue weighted by Gasteiger charge is 2.19. The van der Waals surface area contributed by atoms with Gasteiger partial charge in [0, 0.05) is 12.1 Å².